The molecule has 1 aliphatic heterocycles. The summed E-state index contributed by atoms with van der Waals surface area (Å²) in [7, 11) is 0. The van der Waals surface area contributed by atoms with Gasteiger partial charge in [-0.3, -0.25) is 0 Å². The van der Waals surface area contributed by atoms with Gasteiger partial charge in [0.25, 0.3) is 0 Å². The minimum Gasteiger partial charge on any atom is -0.475 e. The molecule has 0 saturated carbocycles. The van der Waals surface area contributed by atoms with Crippen molar-refractivity contribution in [2.24, 2.45) is 5.73 Å². The van der Waals surface area contributed by atoms with E-state index in [9.17, 15) is 0 Å². The number of rotatable bonds is 4. The van der Waals surface area contributed by atoms with Crippen LogP contribution in [0.2, 0.25) is 0 Å². The first-order valence-corrected chi connectivity index (χ1v) is 7.09. The lowest BCUT2D eigenvalue weighted by Gasteiger charge is -2.35. The third-order valence-electron chi connectivity index (χ3n) is 3.33. The molecule has 2 rings (SSSR count). The first-order valence-electron chi connectivity index (χ1n) is 7.09. The van der Waals surface area contributed by atoms with E-state index in [-0.39, 0.29) is 6.10 Å². The summed E-state index contributed by atoms with van der Waals surface area (Å²) in [4.78, 5) is 11.3. The van der Waals surface area contributed by atoms with Crippen molar-refractivity contribution < 1.29 is 4.74 Å². The number of aryl methyl sites for hydroxylation is 1. The highest BCUT2D eigenvalue weighted by atomic mass is 16.5. The molecule has 106 valence electrons. The van der Waals surface area contributed by atoms with E-state index >= 15 is 0 Å². The van der Waals surface area contributed by atoms with Crippen LogP contribution >= 0.6 is 0 Å². The zero-order valence-corrected chi connectivity index (χ0v) is 12.1. The molecule has 1 aromatic rings. The maximum absolute atomic E-state index is 5.86. The van der Waals surface area contributed by atoms with Crippen LogP contribution in [0.3, 0.4) is 0 Å². The molecule has 1 atom stereocenters. The lowest BCUT2D eigenvalue weighted by Crippen LogP contribution is -2.45. The van der Waals surface area contributed by atoms with Gasteiger partial charge in [-0.25, -0.2) is 4.98 Å². The molecule has 5 heteroatoms. The zero-order valence-electron chi connectivity index (χ0n) is 12.1. The van der Waals surface area contributed by atoms with Crippen molar-refractivity contribution in [2.75, 3.05) is 18.0 Å². The van der Waals surface area contributed by atoms with Crippen LogP contribution in [0.1, 0.15) is 38.8 Å². The Kier molecular flexibility index (Phi) is 4.58. The molecule has 1 saturated heterocycles. The van der Waals surface area contributed by atoms with Crippen molar-refractivity contribution in [1.82, 2.24) is 9.97 Å². The lowest BCUT2D eigenvalue weighted by molar-refractivity contribution is 0.232. The highest BCUT2D eigenvalue weighted by Gasteiger charge is 2.24. The van der Waals surface area contributed by atoms with E-state index in [1.165, 1.54) is 12.8 Å². The van der Waals surface area contributed by atoms with Crippen LogP contribution in [0.25, 0.3) is 0 Å². The fourth-order valence-electron chi connectivity index (χ4n) is 2.46. The topological polar surface area (TPSA) is 64.3 Å². The van der Waals surface area contributed by atoms with E-state index in [0.717, 1.165) is 24.6 Å². The Labute approximate surface area is 115 Å². The SMILES string of the molecule is Cc1cc(OC(C)C)nc(N2CCCCC2CN)n1. The Balaban J connectivity index is 2.24. The first-order chi connectivity index (χ1) is 9.10. The number of nitrogens with zero attached hydrogens (tertiary/aromatic N) is 3. The van der Waals surface area contributed by atoms with Crippen LogP contribution in [-0.4, -0.2) is 35.2 Å². The third kappa shape index (κ3) is 3.56. The zero-order chi connectivity index (χ0) is 13.8. The molecule has 1 unspecified atom stereocenters. The molecule has 0 aromatic carbocycles. The molecule has 0 amide bonds. The molecule has 0 radical (unpaired) electrons. The van der Waals surface area contributed by atoms with E-state index in [1.807, 2.05) is 26.8 Å². The summed E-state index contributed by atoms with van der Waals surface area (Å²) in [5.41, 5.74) is 6.79. The number of anilines is 1. The van der Waals surface area contributed by atoms with Gasteiger partial charge in [-0.1, -0.05) is 0 Å². The van der Waals surface area contributed by atoms with Crippen molar-refractivity contribution >= 4 is 5.95 Å². The predicted molar refractivity (Wildman–Crippen MR) is 76.6 cm³/mol. The van der Waals surface area contributed by atoms with Gasteiger partial charge in [-0.05, 0) is 40.0 Å². The molecular formula is C14H24N4O. The van der Waals surface area contributed by atoms with Crippen LogP contribution in [-0.2, 0) is 0 Å². The first kappa shape index (κ1) is 14.1. The molecule has 2 heterocycles. The highest BCUT2D eigenvalue weighted by molar-refractivity contribution is 5.36. The second-order valence-corrected chi connectivity index (χ2v) is 5.39. The quantitative estimate of drug-likeness (QED) is 0.899. The molecule has 0 bridgehead atoms. The van der Waals surface area contributed by atoms with Gasteiger partial charge >= 0.3 is 0 Å². The summed E-state index contributed by atoms with van der Waals surface area (Å²) in [6, 6.07) is 2.23. The van der Waals surface area contributed by atoms with Gasteiger partial charge in [0.15, 0.2) is 0 Å². The normalized spacial score (nSPS) is 19.8. The van der Waals surface area contributed by atoms with Gasteiger partial charge in [-0.2, -0.15) is 4.98 Å². The van der Waals surface area contributed by atoms with E-state index in [4.69, 9.17) is 10.5 Å². The molecule has 5 nitrogen and oxygen atoms in total. The summed E-state index contributed by atoms with van der Waals surface area (Å²) in [5.74, 6) is 1.41. The van der Waals surface area contributed by atoms with Gasteiger partial charge in [0.1, 0.15) is 0 Å². The van der Waals surface area contributed by atoms with Crippen molar-refractivity contribution in [1.29, 1.82) is 0 Å². The summed E-state index contributed by atoms with van der Waals surface area (Å²) < 4.78 is 5.69. The minimum absolute atomic E-state index is 0.119. The van der Waals surface area contributed by atoms with E-state index in [2.05, 4.69) is 14.9 Å². The van der Waals surface area contributed by atoms with Crippen molar-refractivity contribution in [3.63, 3.8) is 0 Å². The van der Waals surface area contributed by atoms with Gasteiger partial charge in [0.2, 0.25) is 11.8 Å². The van der Waals surface area contributed by atoms with Crippen LogP contribution in [0.4, 0.5) is 5.95 Å². The number of nitrogens with two attached hydrogens (primary N) is 1. The van der Waals surface area contributed by atoms with Crippen LogP contribution < -0.4 is 15.4 Å². The number of hydrogen-bond acceptors (Lipinski definition) is 5. The van der Waals surface area contributed by atoms with Gasteiger partial charge in [0, 0.05) is 30.9 Å². The van der Waals surface area contributed by atoms with E-state index < -0.39 is 0 Å². The Hall–Kier alpha value is -1.36. The van der Waals surface area contributed by atoms with Crippen molar-refractivity contribution in [3.8, 4) is 5.88 Å². The number of hydrogen-bond donors (Lipinski definition) is 1. The monoisotopic (exact) mass is 264 g/mol. The van der Waals surface area contributed by atoms with E-state index in [1.54, 1.807) is 0 Å². The Morgan fingerprint density at radius 3 is 2.89 bits per heavy atom. The maximum atomic E-state index is 5.86. The molecular weight excluding hydrogens is 240 g/mol. The largest absolute Gasteiger partial charge is 0.475 e. The molecule has 1 aromatic heterocycles. The lowest BCUT2D eigenvalue weighted by atomic mass is 10.0. The average Bonchev–Trinajstić information content (AvgIpc) is 2.37. The van der Waals surface area contributed by atoms with Gasteiger partial charge in [-0.15, -0.1) is 0 Å². The highest BCUT2D eigenvalue weighted by Crippen LogP contribution is 2.23. The van der Waals surface area contributed by atoms with Crippen molar-refractivity contribution in [2.45, 2.75) is 52.2 Å². The summed E-state index contributed by atoms with van der Waals surface area (Å²) >= 11 is 0. The van der Waals surface area contributed by atoms with E-state index in [0.29, 0.717) is 18.5 Å². The Morgan fingerprint density at radius 1 is 1.42 bits per heavy atom. The number of aromatic nitrogens is 2. The smallest absolute Gasteiger partial charge is 0.229 e. The van der Waals surface area contributed by atoms with Gasteiger partial charge in [0.05, 0.1) is 6.10 Å². The van der Waals surface area contributed by atoms with Crippen LogP contribution in [0.5, 0.6) is 5.88 Å². The maximum Gasteiger partial charge on any atom is 0.229 e. The Morgan fingerprint density at radius 2 is 2.21 bits per heavy atom. The summed E-state index contributed by atoms with van der Waals surface area (Å²) in [6.45, 7) is 7.60. The number of ether oxygens (including phenoxy) is 1. The molecule has 1 fully saturated rings. The number of piperidine rings is 1. The average molecular weight is 264 g/mol. The molecule has 19 heavy (non-hydrogen) atoms. The molecule has 1 aliphatic rings. The fourth-order valence-corrected chi connectivity index (χ4v) is 2.46. The minimum atomic E-state index is 0.119. The van der Waals surface area contributed by atoms with Crippen LogP contribution in [0, 0.1) is 6.92 Å². The summed E-state index contributed by atoms with van der Waals surface area (Å²) in [5, 5.41) is 0. The van der Waals surface area contributed by atoms with Gasteiger partial charge < -0.3 is 15.4 Å². The Bertz CT molecular complexity index is 422. The second kappa shape index (κ2) is 6.19. The van der Waals surface area contributed by atoms with Crippen molar-refractivity contribution in [3.05, 3.63) is 11.8 Å². The second-order valence-electron chi connectivity index (χ2n) is 5.39. The summed E-state index contributed by atoms with van der Waals surface area (Å²) in [6.07, 6.45) is 3.65. The third-order valence-corrected chi connectivity index (χ3v) is 3.33. The predicted octanol–water partition coefficient (Wildman–Crippen LogP) is 1.89. The molecule has 2 N–H and O–H groups in total. The molecule has 0 spiro atoms. The van der Waals surface area contributed by atoms with Crippen LogP contribution in [0.15, 0.2) is 6.07 Å². The molecule has 0 aliphatic carbocycles. The standard InChI is InChI=1S/C14H24N4O/c1-10(2)19-13-8-11(3)16-14(17-13)18-7-5-4-6-12(18)9-15/h8,10,12H,4-7,9,15H2,1-3H3. The fraction of sp³-hybridized carbons (Fsp3) is 0.714.